The zero-order chi connectivity index (χ0) is 20.5. The summed E-state index contributed by atoms with van der Waals surface area (Å²) in [5, 5.41) is 0. The lowest BCUT2D eigenvalue weighted by atomic mass is 10.0. The second-order valence-corrected chi connectivity index (χ2v) is 8.14. The van der Waals surface area contributed by atoms with E-state index in [0.29, 0.717) is 23.4 Å². The lowest BCUT2D eigenvalue weighted by Crippen LogP contribution is -2.31. The molecule has 0 spiro atoms. The van der Waals surface area contributed by atoms with E-state index >= 15 is 0 Å². The molecule has 1 aliphatic heterocycles. The van der Waals surface area contributed by atoms with Gasteiger partial charge >= 0.3 is 0 Å². The topological polar surface area (TPSA) is 80.3 Å². The molecule has 4 rings (SSSR count). The van der Waals surface area contributed by atoms with Crippen molar-refractivity contribution in [1.82, 2.24) is 19.9 Å². The molecule has 29 heavy (non-hydrogen) atoms. The fourth-order valence-corrected chi connectivity index (χ4v) is 4.13. The Balaban J connectivity index is 1.47. The summed E-state index contributed by atoms with van der Waals surface area (Å²) in [4.78, 5) is 26.4. The number of aromatic nitrogens is 3. The van der Waals surface area contributed by atoms with Crippen LogP contribution in [-0.2, 0) is 4.79 Å². The number of nitrogens with zero attached hydrogens (tertiary/aromatic N) is 3. The number of ether oxygens (including phenoxy) is 2. The number of rotatable bonds is 6. The lowest BCUT2D eigenvalue weighted by Gasteiger charge is -2.26. The number of pyridine rings is 1. The van der Waals surface area contributed by atoms with Gasteiger partial charge in [0.15, 0.2) is 0 Å². The van der Waals surface area contributed by atoms with Gasteiger partial charge in [0.1, 0.15) is 22.0 Å². The molecule has 1 amide bonds. The van der Waals surface area contributed by atoms with Gasteiger partial charge in [0, 0.05) is 18.9 Å². The third kappa shape index (κ3) is 3.94. The highest BCUT2D eigenvalue weighted by Crippen LogP contribution is 2.33. The predicted octanol–water partition coefficient (Wildman–Crippen LogP) is 4.11. The molecule has 1 N–H and O–H groups in total. The number of nitrogens with one attached hydrogen (secondary N) is 1. The van der Waals surface area contributed by atoms with Crippen molar-refractivity contribution in [3.63, 3.8) is 0 Å². The number of fused-ring (bicyclic) bond motifs is 1. The highest BCUT2D eigenvalue weighted by atomic mass is 79.9. The van der Waals surface area contributed by atoms with Crippen molar-refractivity contribution in [2.45, 2.75) is 32.4 Å². The number of methoxy groups -OCH3 is 1. The third-order valence-electron chi connectivity index (χ3n) is 5.56. The minimum atomic E-state index is -0.166. The fourth-order valence-electron chi connectivity index (χ4n) is 3.75. The molecule has 1 aliphatic rings. The van der Waals surface area contributed by atoms with Gasteiger partial charge in [-0.15, -0.1) is 0 Å². The number of aromatic amines is 1. The smallest absolute Gasteiger partial charge is 0.241 e. The molecule has 1 saturated heterocycles. The average Bonchev–Trinajstić information content (AvgIpc) is 3.34. The van der Waals surface area contributed by atoms with Gasteiger partial charge in [-0.3, -0.25) is 4.79 Å². The molecule has 0 bridgehead atoms. The quantitative estimate of drug-likeness (QED) is 0.562. The summed E-state index contributed by atoms with van der Waals surface area (Å²) in [7, 11) is 1.64. The molecule has 1 aromatic carbocycles. The first kappa shape index (κ1) is 19.7. The van der Waals surface area contributed by atoms with Crippen LogP contribution >= 0.6 is 15.9 Å². The molecule has 3 atom stereocenters. The first-order valence-corrected chi connectivity index (χ1v) is 10.3. The molecule has 0 unspecified atom stereocenters. The predicted molar refractivity (Wildman–Crippen MR) is 113 cm³/mol. The summed E-state index contributed by atoms with van der Waals surface area (Å²) < 4.78 is 12.0. The molecular formula is C21H23BrN4O3. The normalized spacial score (nSPS) is 18.8. The van der Waals surface area contributed by atoms with Crippen LogP contribution in [0.25, 0.3) is 11.0 Å². The Morgan fingerprint density at radius 2 is 2.03 bits per heavy atom. The standard InChI is InChI=1S/C21H23BrN4O3/c1-12(14-4-6-16(28-3)7-5-14)26-10-15(8-19(26)27)13(2)29-21-20-17(23-11-24-20)9-18(22)25-21/h4-7,9,11-13,15H,8,10H2,1-3H3,(H,23,24)/t12-,13-,15-/m1/s1. The van der Waals surface area contributed by atoms with Crippen LogP contribution in [-0.4, -0.2) is 45.5 Å². The Morgan fingerprint density at radius 1 is 1.28 bits per heavy atom. The van der Waals surface area contributed by atoms with Crippen molar-refractivity contribution in [1.29, 1.82) is 0 Å². The van der Waals surface area contributed by atoms with Gasteiger partial charge in [-0.1, -0.05) is 12.1 Å². The molecule has 3 aromatic rings. The summed E-state index contributed by atoms with van der Waals surface area (Å²) in [6, 6.07) is 9.68. The number of hydrogen-bond donors (Lipinski definition) is 1. The molecule has 7 nitrogen and oxygen atoms in total. The van der Waals surface area contributed by atoms with Gasteiger partial charge in [0.25, 0.3) is 0 Å². The maximum absolute atomic E-state index is 12.7. The van der Waals surface area contributed by atoms with Crippen LogP contribution in [0.2, 0.25) is 0 Å². The number of halogens is 1. The largest absolute Gasteiger partial charge is 0.497 e. The molecular weight excluding hydrogens is 436 g/mol. The van der Waals surface area contributed by atoms with E-state index < -0.39 is 0 Å². The number of carbonyl (C=O) groups is 1. The monoisotopic (exact) mass is 458 g/mol. The number of amides is 1. The van der Waals surface area contributed by atoms with Crippen LogP contribution in [0.4, 0.5) is 0 Å². The summed E-state index contributed by atoms with van der Waals surface area (Å²) >= 11 is 3.40. The maximum Gasteiger partial charge on any atom is 0.241 e. The second kappa shape index (κ2) is 8.02. The Kier molecular flexibility index (Phi) is 5.45. The van der Waals surface area contributed by atoms with E-state index in [1.165, 1.54) is 0 Å². The summed E-state index contributed by atoms with van der Waals surface area (Å²) in [5.74, 6) is 1.53. The van der Waals surface area contributed by atoms with Crippen molar-refractivity contribution in [3.05, 3.63) is 46.8 Å². The summed E-state index contributed by atoms with van der Waals surface area (Å²) in [6.07, 6.45) is 1.91. The van der Waals surface area contributed by atoms with Gasteiger partial charge in [-0.05, 0) is 53.5 Å². The van der Waals surface area contributed by atoms with Gasteiger partial charge < -0.3 is 19.4 Å². The average molecular weight is 459 g/mol. The zero-order valence-corrected chi connectivity index (χ0v) is 18.1. The molecule has 0 aliphatic carbocycles. The van der Waals surface area contributed by atoms with Crippen molar-refractivity contribution in [2.75, 3.05) is 13.7 Å². The molecule has 0 saturated carbocycles. The van der Waals surface area contributed by atoms with Gasteiger partial charge in [-0.25, -0.2) is 9.97 Å². The number of carbonyl (C=O) groups excluding carboxylic acids is 1. The van der Waals surface area contributed by atoms with Crippen molar-refractivity contribution < 1.29 is 14.3 Å². The number of imidazole rings is 1. The van der Waals surface area contributed by atoms with E-state index in [2.05, 4.69) is 37.8 Å². The zero-order valence-electron chi connectivity index (χ0n) is 16.6. The SMILES string of the molecule is COc1ccc([C@@H](C)N2C[C@H]([C@@H](C)Oc3nc(Br)cc4nc[nH]c34)CC2=O)cc1. The fraction of sp³-hybridized carbons (Fsp3) is 0.381. The van der Waals surface area contributed by atoms with Crippen LogP contribution in [0.1, 0.15) is 31.9 Å². The minimum Gasteiger partial charge on any atom is -0.497 e. The van der Waals surface area contributed by atoms with Gasteiger partial charge in [0.05, 0.1) is 25.0 Å². The molecule has 2 aromatic heterocycles. The summed E-state index contributed by atoms with van der Waals surface area (Å²) in [5.41, 5.74) is 2.63. The second-order valence-electron chi connectivity index (χ2n) is 7.33. The van der Waals surface area contributed by atoms with Crippen molar-refractivity contribution >= 4 is 32.9 Å². The van der Waals surface area contributed by atoms with E-state index in [9.17, 15) is 4.79 Å². The number of benzene rings is 1. The summed E-state index contributed by atoms with van der Waals surface area (Å²) in [6.45, 7) is 4.69. The van der Waals surface area contributed by atoms with Crippen LogP contribution < -0.4 is 9.47 Å². The Morgan fingerprint density at radius 3 is 2.76 bits per heavy atom. The van der Waals surface area contributed by atoms with Crippen LogP contribution in [0.3, 0.4) is 0 Å². The number of likely N-dealkylation sites (tertiary alicyclic amines) is 1. The molecule has 1 fully saturated rings. The van der Waals surface area contributed by atoms with E-state index in [1.54, 1.807) is 13.4 Å². The lowest BCUT2D eigenvalue weighted by molar-refractivity contribution is -0.129. The van der Waals surface area contributed by atoms with Gasteiger partial charge in [0.2, 0.25) is 11.8 Å². The molecule has 3 heterocycles. The Hall–Kier alpha value is -2.61. The van der Waals surface area contributed by atoms with Gasteiger partial charge in [-0.2, -0.15) is 0 Å². The highest BCUT2D eigenvalue weighted by Gasteiger charge is 2.37. The van der Waals surface area contributed by atoms with Crippen molar-refractivity contribution in [2.24, 2.45) is 5.92 Å². The first-order valence-electron chi connectivity index (χ1n) is 9.56. The Labute approximate surface area is 177 Å². The van der Waals surface area contributed by atoms with E-state index in [4.69, 9.17) is 9.47 Å². The first-order chi connectivity index (χ1) is 14.0. The Bertz CT molecular complexity index is 1020. The minimum absolute atomic E-state index is 0.00563. The van der Waals surface area contributed by atoms with E-state index in [-0.39, 0.29) is 24.0 Å². The number of H-pyrrole nitrogens is 1. The van der Waals surface area contributed by atoms with Crippen LogP contribution in [0, 0.1) is 5.92 Å². The molecule has 8 heteroatoms. The van der Waals surface area contributed by atoms with Crippen LogP contribution in [0.5, 0.6) is 11.6 Å². The number of hydrogen-bond acceptors (Lipinski definition) is 5. The molecule has 152 valence electrons. The third-order valence-corrected chi connectivity index (χ3v) is 5.97. The van der Waals surface area contributed by atoms with Crippen molar-refractivity contribution in [3.8, 4) is 11.6 Å². The van der Waals surface area contributed by atoms with E-state index in [1.807, 2.05) is 42.2 Å². The maximum atomic E-state index is 12.7. The van der Waals surface area contributed by atoms with Crippen LogP contribution in [0.15, 0.2) is 41.3 Å². The van der Waals surface area contributed by atoms with E-state index in [0.717, 1.165) is 22.3 Å². The molecule has 0 radical (unpaired) electrons. The highest BCUT2D eigenvalue weighted by molar-refractivity contribution is 9.10.